The molecule has 0 N–H and O–H groups in total. The van der Waals surface area contributed by atoms with E-state index < -0.39 is 0 Å². The van der Waals surface area contributed by atoms with Crippen LogP contribution in [-0.2, 0) is 4.74 Å². The van der Waals surface area contributed by atoms with Crippen LogP contribution in [0.3, 0.4) is 0 Å². The van der Waals surface area contributed by atoms with Crippen LogP contribution >= 0.6 is 0 Å². The third kappa shape index (κ3) is 5.35. The van der Waals surface area contributed by atoms with Crippen molar-refractivity contribution in [1.29, 1.82) is 0 Å². The molecule has 0 spiro atoms. The van der Waals surface area contributed by atoms with E-state index in [1.54, 1.807) is 12.5 Å². The van der Waals surface area contributed by atoms with Crippen molar-refractivity contribution in [2.45, 2.75) is 27.2 Å². The molecule has 0 saturated carbocycles. The van der Waals surface area contributed by atoms with Crippen molar-refractivity contribution in [2.75, 3.05) is 6.61 Å². The van der Waals surface area contributed by atoms with Crippen LogP contribution < -0.4 is 0 Å². The third-order valence-electron chi connectivity index (χ3n) is 1.13. The molecule has 2 heteroatoms. The van der Waals surface area contributed by atoms with Crippen molar-refractivity contribution >= 4 is 5.71 Å². The molecule has 0 aliphatic carbocycles. The minimum Gasteiger partial charge on any atom is -0.500 e. The lowest BCUT2D eigenvalue weighted by Gasteiger charge is -1.90. The zero-order valence-electron chi connectivity index (χ0n) is 6.92. The van der Waals surface area contributed by atoms with Crippen LogP contribution in [0.4, 0.5) is 0 Å². The monoisotopic (exact) mass is 141 g/mol. The lowest BCUT2D eigenvalue weighted by molar-refractivity contribution is 0.268. The van der Waals surface area contributed by atoms with Gasteiger partial charge in [0.25, 0.3) is 0 Å². The van der Waals surface area contributed by atoms with E-state index in [0.717, 1.165) is 12.1 Å². The minimum absolute atomic E-state index is 0.706. The molecule has 0 rings (SSSR count). The fourth-order valence-corrected chi connectivity index (χ4v) is 0.388. The quantitative estimate of drug-likeness (QED) is 0.435. The van der Waals surface area contributed by atoms with Gasteiger partial charge in [-0.3, -0.25) is 4.99 Å². The van der Waals surface area contributed by atoms with E-state index >= 15 is 0 Å². The molecule has 0 aliphatic rings. The summed E-state index contributed by atoms with van der Waals surface area (Å²) in [5, 5.41) is 0. The fraction of sp³-hybridized carbons (Fsp3) is 0.625. The zero-order chi connectivity index (χ0) is 7.82. The summed E-state index contributed by atoms with van der Waals surface area (Å²) in [5.74, 6) is 0. The molecular weight excluding hydrogens is 126 g/mol. The summed E-state index contributed by atoms with van der Waals surface area (Å²) in [6.07, 6.45) is 4.29. The van der Waals surface area contributed by atoms with Crippen LogP contribution in [0.5, 0.6) is 0 Å². The fourth-order valence-electron chi connectivity index (χ4n) is 0.388. The van der Waals surface area contributed by atoms with Gasteiger partial charge in [-0.15, -0.1) is 0 Å². The summed E-state index contributed by atoms with van der Waals surface area (Å²) in [6.45, 7) is 6.72. The molecule has 0 saturated heterocycles. The van der Waals surface area contributed by atoms with Crippen LogP contribution in [0.25, 0.3) is 0 Å². The van der Waals surface area contributed by atoms with E-state index in [2.05, 4.69) is 11.9 Å². The van der Waals surface area contributed by atoms with E-state index in [1.165, 1.54) is 0 Å². The molecular formula is C8H15NO. The van der Waals surface area contributed by atoms with E-state index in [9.17, 15) is 0 Å². The van der Waals surface area contributed by atoms with Crippen molar-refractivity contribution in [3.05, 3.63) is 12.5 Å². The van der Waals surface area contributed by atoms with Gasteiger partial charge in [0.15, 0.2) is 0 Å². The topological polar surface area (TPSA) is 21.6 Å². The van der Waals surface area contributed by atoms with Crippen LogP contribution in [0.1, 0.15) is 27.2 Å². The van der Waals surface area contributed by atoms with Gasteiger partial charge in [0.05, 0.1) is 12.8 Å². The molecule has 10 heavy (non-hydrogen) atoms. The lowest BCUT2D eigenvalue weighted by Crippen LogP contribution is -1.84. The average molecular weight is 141 g/mol. The van der Waals surface area contributed by atoms with Crippen molar-refractivity contribution in [3.8, 4) is 0 Å². The Morgan fingerprint density at radius 3 is 2.70 bits per heavy atom. The Hall–Kier alpha value is -0.790. The van der Waals surface area contributed by atoms with E-state index in [-0.39, 0.29) is 0 Å². The van der Waals surface area contributed by atoms with Gasteiger partial charge in [-0.05, 0) is 20.3 Å². The minimum atomic E-state index is 0.706. The second kappa shape index (κ2) is 6.33. The third-order valence-corrected chi connectivity index (χ3v) is 1.13. The predicted octanol–water partition coefficient (Wildman–Crippen LogP) is 2.37. The first-order valence-corrected chi connectivity index (χ1v) is 3.61. The first-order valence-electron chi connectivity index (χ1n) is 3.61. The average Bonchev–Trinajstić information content (AvgIpc) is 1.98. The van der Waals surface area contributed by atoms with Gasteiger partial charge in [-0.2, -0.15) is 0 Å². The number of nitrogens with zero attached hydrogens (tertiary/aromatic N) is 1. The zero-order valence-corrected chi connectivity index (χ0v) is 6.92. The van der Waals surface area contributed by atoms with E-state index in [0.29, 0.717) is 6.61 Å². The second-order valence-corrected chi connectivity index (χ2v) is 1.96. The van der Waals surface area contributed by atoms with Gasteiger partial charge in [0.2, 0.25) is 0 Å². The predicted molar refractivity (Wildman–Crippen MR) is 44.2 cm³/mol. The Bertz CT molecular complexity index is 127. The Morgan fingerprint density at radius 2 is 2.20 bits per heavy atom. The number of ether oxygens (including phenoxy) is 1. The largest absolute Gasteiger partial charge is 0.500 e. The van der Waals surface area contributed by atoms with Crippen molar-refractivity contribution in [2.24, 2.45) is 4.99 Å². The lowest BCUT2D eigenvalue weighted by atomic mass is 10.3. The van der Waals surface area contributed by atoms with Gasteiger partial charge in [-0.25, -0.2) is 0 Å². The van der Waals surface area contributed by atoms with Gasteiger partial charge in [0.1, 0.15) is 6.26 Å². The first kappa shape index (κ1) is 9.21. The highest BCUT2D eigenvalue weighted by atomic mass is 16.5. The molecule has 0 heterocycles. The molecule has 0 unspecified atom stereocenters. The SMILES string of the molecule is CCO/C=C/N=C(C)CC. The Balaban J connectivity index is 3.49. The molecule has 2 nitrogen and oxygen atoms in total. The second-order valence-electron chi connectivity index (χ2n) is 1.96. The summed E-state index contributed by atoms with van der Waals surface area (Å²) in [6, 6.07) is 0. The summed E-state index contributed by atoms with van der Waals surface area (Å²) in [7, 11) is 0. The molecule has 0 fully saturated rings. The molecule has 0 aromatic carbocycles. The number of rotatable bonds is 4. The Morgan fingerprint density at radius 1 is 1.50 bits per heavy atom. The smallest absolute Gasteiger partial charge is 0.101 e. The molecule has 58 valence electrons. The molecule has 0 aromatic heterocycles. The van der Waals surface area contributed by atoms with E-state index in [1.807, 2.05) is 13.8 Å². The molecule has 0 aromatic rings. The normalized spacial score (nSPS) is 12.5. The maximum absolute atomic E-state index is 4.94. The van der Waals surface area contributed by atoms with Crippen LogP contribution in [-0.4, -0.2) is 12.3 Å². The molecule has 0 amide bonds. The van der Waals surface area contributed by atoms with E-state index in [4.69, 9.17) is 4.74 Å². The Kier molecular flexibility index (Phi) is 5.83. The van der Waals surface area contributed by atoms with Crippen LogP contribution in [0.2, 0.25) is 0 Å². The summed E-state index contributed by atoms with van der Waals surface area (Å²) < 4.78 is 4.94. The highest BCUT2D eigenvalue weighted by Gasteiger charge is 1.78. The number of hydrogen-bond donors (Lipinski definition) is 0. The van der Waals surface area contributed by atoms with Crippen LogP contribution in [0, 0.1) is 0 Å². The van der Waals surface area contributed by atoms with Crippen molar-refractivity contribution in [1.82, 2.24) is 0 Å². The molecule has 0 aliphatic heterocycles. The summed E-state index contributed by atoms with van der Waals surface area (Å²) >= 11 is 0. The summed E-state index contributed by atoms with van der Waals surface area (Å²) in [4.78, 5) is 4.09. The van der Waals surface area contributed by atoms with Gasteiger partial charge in [-0.1, -0.05) is 6.92 Å². The molecule has 0 atom stereocenters. The maximum atomic E-state index is 4.94. The van der Waals surface area contributed by atoms with Gasteiger partial charge < -0.3 is 4.74 Å². The Labute approximate surface area is 62.6 Å². The van der Waals surface area contributed by atoms with Gasteiger partial charge >= 0.3 is 0 Å². The molecule has 0 radical (unpaired) electrons. The highest BCUT2D eigenvalue weighted by Crippen LogP contribution is 1.85. The number of aliphatic imine (C=N–C) groups is 1. The van der Waals surface area contributed by atoms with Crippen LogP contribution in [0.15, 0.2) is 17.5 Å². The van der Waals surface area contributed by atoms with Crippen molar-refractivity contribution in [3.63, 3.8) is 0 Å². The summed E-state index contributed by atoms with van der Waals surface area (Å²) in [5.41, 5.74) is 1.12. The highest BCUT2D eigenvalue weighted by molar-refractivity contribution is 5.81. The standard InChI is InChI=1S/C8H15NO/c1-4-8(3)9-6-7-10-5-2/h6-7H,4-5H2,1-3H3/b7-6+,9-8?. The maximum Gasteiger partial charge on any atom is 0.101 e. The molecule has 0 bridgehead atoms. The first-order chi connectivity index (χ1) is 4.81. The number of hydrogen-bond acceptors (Lipinski definition) is 2. The van der Waals surface area contributed by atoms with Gasteiger partial charge in [0, 0.05) is 5.71 Å². The van der Waals surface area contributed by atoms with Crippen molar-refractivity contribution < 1.29 is 4.74 Å².